The third kappa shape index (κ3) is 6.12. The zero-order chi connectivity index (χ0) is 8.15. The van der Waals surface area contributed by atoms with Gasteiger partial charge in [0.25, 0.3) is 0 Å². The molecule has 0 aliphatic heterocycles. The fourth-order valence-electron chi connectivity index (χ4n) is 0.968. The fraction of sp³-hybridized carbons (Fsp3) is 1.00. The minimum Gasteiger partial charge on any atom is -0.0651 e. The molecular weight excluding hydrogens is 120 g/mol. The largest absolute Gasteiger partial charge is 0.0651 e. The third-order valence-corrected chi connectivity index (χ3v) is 1.80. The molecule has 0 aromatic carbocycles. The van der Waals surface area contributed by atoms with Crippen LogP contribution in [0.5, 0.6) is 0 Å². The highest BCUT2D eigenvalue weighted by atomic mass is 14.3. The van der Waals surface area contributed by atoms with Gasteiger partial charge in [0.2, 0.25) is 0 Å². The first-order valence-corrected chi connectivity index (χ1v) is 4.57. The lowest BCUT2D eigenvalue weighted by Crippen LogP contribution is -1.68. The summed E-state index contributed by atoms with van der Waals surface area (Å²) in [6, 6.07) is 0. The quantitative estimate of drug-likeness (QED) is 0.523. The van der Waals surface area contributed by atoms with E-state index >= 15 is 0 Å². The highest BCUT2D eigenvalue weighted by Crippen LogP contribution is 2.39. The summed E-state index contributed by atoms with van der Waals surface area (Å²) < 4.78 is 0. The Kier molecular flexibility index (Phi) is 4.76. The van der Waals surface area contributed by atoms with Crippen molar-refractivity contribution in [1.82, 2.24) is 0 Å². The van der Waals surface area contributed by atoms with Crippen molar-refractivity contribution in [3.05, 3.63) is 0 Å². The predicted molar refractivity (Wildman–Crippen MR) is 48.1 cm³/mol. The second-order valence-electron chi connectivity index (χ2n) is 4.11. The van der Waals surface area contributed by atoms with Crippen molar-refractivity contribution in [3.8, 4) is 0 Å². The molecule has 0 heteroatoms. The summed E-state index contributed by atoms with van der Waals surface area (Å²) in [6.45, 7) is 11.1. The maximum atomic E-state index is 2.33. The lowest BCUT2D eigenvalue weighted by molar-refractivity contribution is 0.724. The average Bonchev–Trinajstić information content (AvgIpc) is 2.45. The Morgan fingerprint density at radius 3 is 1.60 bits per heavy atom. The van der Waals surface area contributed by atoms with Crippen LogP contribution in [0.2, 0.25) is 0 Å². The third-order valence-electron chi connectivity index (χ3n) is 1.80. The van der Waals surface area contributed by atoms with Crippen molar-refractivity contribution < 1.29 is 0 Å². The Labute approximate surface area is 66.0 Å². The molecule has 1 aliphatic rings. The summed E-state index contributed by atoms with van der Waals surface area (Å²) in [5, 5.41) is 0. The van der Waals surface area contributed by atoms with E-state index in [-0.39, 0.29) is 0 Å². The maximum absolute atomic E-state index is 2.33. The topological polar surface area (TPSA) is 0 Å². The van der Waals surface area contributed by atoms with Gasteiger partial charge in [-0.25, -0.2) is 0 Å². The second kappa shape index (κ2) is 4.76. The zero-order valence-corrected chi connectivity index (χ0v) is 8.15. The van der Waals surface area contributed by atoms with E-state index in [4.69, 9.17) is 0 Å². The van der Waals surface area contributed by atoms with Gasteiger partial charge >= 0.3 is 0 Å². The standard InChI is InChI=1S/C6H12.C4H10/c1-3-6-4-5(6)2;1-4(2)3/h5-6H,3-4H2,1-2H3;4H,1-3H3. The van der Waals surface area contributed by atoms with Crippen LogP contribution >= 0.6 is 0 Å². The zero-order valence-electron chi connectivity index (χ0n) is 8.15. The minimum absolute atomic E-state index is 0.833. The maximum Gasteiger partial charge on any atom is -0.0388 e. The van der Waals surface area contributed by atoms with E-state index in [2.05, 4.69) is 34.6 Å². The van der Waals surface area contributed by atoms with E-state index in [0.29, 0.717) is 0 Å². The van der Waals surface area contributed by atoms with Gasteiger partial charge in [0, 0.05) is 0 Å². The van der Waals surface area contributed by atoms with Gasteiger partial charge < -0.3 is 0 Å². The molecule has 1 saturated carbocycles. The van der Waals surface area contributed by atoms with Crippen LogP contribution in [-0.2, 0) is 0 Å². The Balaban J connectivity index is 0.000000180. The van der Waals surface area contributed by atoms with Gasteiger partial charge in [0.05, 0.1) is 0 Å². The summed E-state index contributed by atoms with van der Waals surface area (Å²) in [5.41, 5.74) is 0. The molecule has 0 radical (unpaired) electrons. The first-order valence-electron chi connectivity index (χ1n) is 4.57. The van der Waals surface area contributed by atoms with Crippen molar-refractivity contribution >= 4 is 0 Å². The summed E-state index contributed by atoms with van der Waals surface area (Å²) in [4.78, 5) is 0. The van der Waals surface area contributed by atoms with Crippen molar-refractivity contribution in [2.45, 2.75) is 47.5 Å². The molecule has 10 heavy (non-hydrogen) atoms. The van der Waals surface area contributed by atoms with Crippen molar-refractivity contribution in [1.29, 1.82) is 0 Å². The van der Waals surface area contributed by atoms with Gasteiger partial charge in [-0.05, 0) is 24.2 Å². The van der Waals surface area contributed by atoms with E-state index in [9.17, 15) is 0 Å². The van der Waals surface area contributed by atoms with E-state index in [0.717, 1.165) is 17.8 Å². The van der Waals surface area contributed by atoms with Gasteiger partial charge in [0.1, 0.15) is 0 Å². The average molecular weight is 142 g/mol. The Bertz CT molecular complexity index is 69.4. The monoisotopic (exact) mass is 142 g/mol. The van der Waals surface area contributed by atoms with Crippen molar-refractivity contribution in [2.75, 3.05) is 0 Å². The predicted octanol–water partition coefficient (Wildman–Crippen LogP) is 3.71. The first kappa shape index (κ1) is 10.0. The van der Waals surface area contributed by atoms with Crippen LogP contribution in [0, 0.1) is 17.8 Å². The lowest BCUT2D eigenvalue weighted by atomic mass is 10.3. The highest BCUT2D eigenvalue weighted by Gasteiger charge is 2.29. The summed E-state index contributed by atoms with van der Waals surface area (Å²) in [7, 11) is 0. The number of hydrogen-bond acceptors (Lipinski definition) is 0. The Morgan fingerprint density at radius 1 is 1.30 bits per heavy atom. The van der Waals surface area contributed by atoms with E-state index in [1.54, 1.807) is 0 Å². The molecule has 0 saturated heterocycles. The van der Waals surface area contributed by atoms with Crippen LogP contribution in [0.1, 0.15) is 47.5 Å². The smallest absolute Gasteiger partial charge is 0.0388 e. The molecular formula is C10H22. The molecule has 1 aliphatic carbocycles. The molecule has 0 nitrogen and oxygen atoms in total. The molecule has 1 rings (SSSR count). The Hall–Kier alpha value is 0. The van der Waals surface area contributed by atoms with Crippen molar-refractivity contribution in [2.24, 2.45) is 17.8 Å². The van der Waals surface area contributed by atoms with Crippen LogP contribution in [-0.4, -0.2) is 0 Å². The molecule has 0 aromatic rings. The van der Waals surface area contributed by atoms with E-state index < -0.39 is 0 Å². The minimum atomic E-state index is 0.833. The molecule has 0 bridgehead atoms. The molecule has 0 spiro atoms. The van der Waals surface area contributed by atoms with Crippen LogP contribution in [0.3, 0.4) is 0 Å². The van der Waals surface area contributed by atoms with E-state index in [1.165, 1.54) is 12.8 Å². The molecule has 0 aromatic heterocycles. The van der Waals surface area contributed by atoms with Gasteiger partial charge in [-0.15, -0.1) is 0 Å². The van der Waals surface area contributed by atoms with Gasteiger partial charge in [-0.2, -0.15) is 0 Å². The first-order chi connectivity index (χ1) is 4.57. The normalized spacial score (nSPS) is 29.4. The molecule has 0 N–H and O–H groups in total. The molecule has 62 valence electrons. The second-order valence-corrected chi connectivity index (χ2v) is 4.11. The molecule has 0 heterocycles. The lowest BCUT2D eigenvalue weighted by Gasteiger charge is -1.79. The highest BCUT2D eigenvalue weighted by molar-refractivity contribution is 4.80. The fourth-order valence-corrected chi connectivity index (χ4v) is 0.968. The number of rotatable bonds is 1. The van der Waals surface area contributed by atoms with Crippen LogP contribution in [0.15, 0.2) is 0 Å². The van der Waals surface area contributed by atoms with E-state index in [1.807, 2.05) is 0 Å². The van der Waals surface area contributed by atoms with Gasteiger partial charge in [-0.3, -0.25) is 0 Å². The molecule has 2 atom stereocenters. The molecule has 1 fully saturated rings. The summed E-state index contributed by atoms with van der Waals surface area (Å²) in [5.74, 6) is 3.00. The van der Waals surface area contributed by atoms with Gasteiger partial charge in [-0.1, -0.05) is 41.0 Å². The summed E-state index contributed by atoms with van der Waals surface area (Å²) >= 11 is 0. The van der Waals surface area contributed by atoms with Gasteiger partial charge in [0.15, 0.2) is 0 Å². The van der Waals surface area contributed by atoms with Crippen LogP contribution in [0.25, 0.3) is 0 Å². The SMILES string of the molecule is CC(C)C.CCC1CC1C. The molecule has 2 unspecified atom stereocenters. The summed E-state index contributed by atoms with van der Waals surface area (Å²) in [6.07, 6.45) is 2.90. The van der Waals surface area contributed by atoms with Crippen molar-refractivity contribution in [3.63, 3.8) is 0 Å². The molecule has 0 amide bonds. The Morgan fingerprint density at radius 2 is 1.60 bits per heavy atom. The number of hydrogen-bond donors (Lipinski definition) is 0. The van der Waals surface area contributed by atoms with Crippen LogP contribution in [0.4, 0.5) is 0 Å². The van der Waals surface area contributed by atoms with Crippen LogP contribution < -0.4 is 0 Å².